The van der Waals surface area contributed by atoms with E-state index in [0.29, 0.717) is 26.2 Å². The van der Waals surface area contributed by atoms with E-state index >= 15 is 0 Å². The van der Waals surface area contributed by atoms with E-state index in [1.807, 2.05) is 13.8 Å². The minimum atomic E-state index is -0.755. The second-order valence-electron chi connectivity index (χ2n) is 4.17. The number of hydrogen-bond acceptors (Lipinski definition) is 4. The molecule has 1 aliphatic heterocycles. The zero-order valence-corrected chi connectivity index (χ0v) is 9.28. The Labute approximate surface area is 89.8 Å². The van der Waals surface area contributed by atoms with Crippen molar-refractivity contribution in [1.29, 1.82) is 0 Å². The number of nitrogens with one attached hydrogen (secondary N) is 1. The molecule has 0 radical (unpaired) electrons. The van der Waals surface area contributed by atoms with Crippen molar-refractivity contribution in [1.82, 2.24) is 5.32 Å². The van der Waals surface area contributed by atoms with Crippen LogP contribution in [0.5, 0.6) is 0 Å². The van der Waals surface area contributed by atoms with Gasteiger partial charge >= 0.3 is 5.97 Å². The van der Waals surface area contributed by atoms with Gasteiger partial charge in [-0.05, 0) is 26.8 Å². The predicted octanol–water partition coefficient (Wildman–Crippen LogP) is 0.592. The van der Waals surface area contributed by atoms with Gasteiger partial charge in [0.25, 0.3) is 0 Å². The number of carbonyl (C=O) groups is 1. The summed E-state index contributed by atoms with van der Waals surface area (Å²) in [7, 11) is 0. The van der Waals surface area contributed by atoms with E-state index in [2.05, 4.69) is 5.32 Å². The van der Waals surface area contributed by atoms with Gasteiger partial charge in [-0.15, -0.1) is 0 Å². The molecule has 2 N–H and O–H groups in total. The molecule has 0 aromatic heterocycles. The highest BCUT2D eigenvalue weighted by molar-refractivity contribution is 5.66. The normalized spacial score (nSPS) is 21.5. The van der Waals surface area contributed by atoms with Crippen molar-refractivity contribution >= 4 is 5.97 Å². The van der Waals surface area contributed by atoms with Gasteiger partial charge in [0, 0.05) is 6.42 Å². The first-order chi connectivity index (χ1) is 6.99. The number of carboxylic acid groups (broad SMARTS) is 1. The molecule has 1 rings (SSSR count). The lowest BCUT2D eigenvalue weighted by molar-refractivity contribution is -0.252. The van der Waals surface area contributed by atoms with Crippen LogP contribution in [0.3, 0.4) is 0 Å². The maximum absolute atomic E-state index is 10.3. The number of hydrogen-bond donors (Lipinski definition) is 2. The first-order valence-corrected chi connectivity index (χ1v) is 5.23. The fourth-order valence-electron chi connectivity index (χ4n) is 1.36. The van der Waals surface area contributed by atoms with Gasteiger partial charge < -0.3 is 19.9 Å². The zero-order valence-electron chi connectivity index (χ0n) is 9.28. The van der Waals surface area contributed by atoms with Crippen LogP contribution in [0.15, 0.2) is 0 Å². The van der Waals surface area contributed by atoms with Gasteiger partial charge in [-0.1, -0.05) is 0 Å². The third kappa shape index (κ3) is 5.11. The second kappa shape index (κ2) is 5.44. The summed E-state index contributed by atoms with van der Waals surface area (Å²) in [6.07, 6.45) is 0.835. The Morgan fingerprint density at radius 2 is 2.07 bits per heavy atom. The summed E-state index contributed by atoms with van der Waals surface area (Å²) in [6, 6.07) is 0.173. The molecule has 0 spiro atoms. The topological polar surface area (TPSA) is 67.8 Å². The van der Waals surface area contributed by atoms with Crippen LogP contribution in [-0.4, -0.2) is 42.7 Å². The summed E-state index contributed by atoms with van der Waals surface area (Å²) in [5.74, 6) is -1.24. The summed E-state index contributed by atoms with van der Waals surface area (Å²) in [5.41, 5.74) is 0. The van der Waals surface area contributed by atoms with Gasteiger partial charge in [-0.2, -0.15) is 0 Å². The van der Waals surface area contributed by atoms with Crippen LogP contribution in [0.4, 0.5) is 0 Å². The lowest BCUT2D eigenvalue weighted by Crippen LogP contribution is -2.48. The van der Waals surface area contributed by atoms with Gasteiger partial charge in [-0.3, -0.25) is 4.79 Å². The smallest absolute Gasteiger partial charge is 0.303 e. The van der Waals surface area contributed by atoms with Gasteiger partial charge in [0.1, 0.15) is 0 Å². The maximum Gasteiger partial charge on any atom is 0.303 e. The SMILES string of the molecule is CC1(C)OCC(NCCCC(=O)O)CO1. The third-order valence-corrected chi connectivity index (χ3v) is 2.26. The quantitative estimate of drug-likeness (QED) is 0.660. The molecule has 1 fully saturated rings. The Hall–Kier alpha value is -0.650. The average Bonchev–Trinajstić information content (AvgIpc) is 2.14. The lowest BCUT2D eigenvalue weighted by atomic mass is 10.2. The van der Waals surface area contributed by atoms with Crippen LogP contribution in [-0.2, 0) is 14.3 Å². The van der Waals surface area contributed by atoms with E-state index in [4.69, 9.17) is 14.6 Å². The van der Waals surface area contributed by atoms with Crippen molar-refractivity contribution in [2.24, 2.45) is 0 Å². The Morgan fingerprint density at radius 3 is 2.60 bits per heavy atom. The summed E-state index contributed by atoms with van der Waals surface area (Å²) in [5, 5.41) is 11.6. The molecule has 15 heavy (non-hydrogen) atoms. The van der Waals surface area contributed by atoms with Crippen molar-refractivity contribution in [2.75, 3.05) is 19.8 Å². The minimum Gasteiger partial charge on any atom is -0.481 e. The fourth-order valence-corrected chi connectivity index (χ4v) is 1.36. The van der Waals surface area contributed by atoms with Crippen molar-refractivity contribution in [2.45, 2.75) is 38.5 Å². The number of rotatable bonds is 5. The predicted molar refractivity (Wildman–Crippen MR) is 54.6 cm³/mol. The monoisotopic (exact) mass is 217 g/mol. The van der Waals surface area contributed by atoms with Crippen LogP contribution in [0.25, 0.3) is 0 Å². The van der Waals surface area contributed by atoms with E-state index in [-0.39, 0.29) is 12.5 Å². The van der Waals surface area contributed by atoms with Gasteiger partial charge in [0.05, 0.1) is 19.3 Å². The minimum absolute atomic E-state index is 0.173. The van der Waals surface area contributed by atoms with Gasteiger partial charge in [0.2, 0.25) is 0 Å². The van der Waals surface area contributed by atoms with E-state index in [1.165, 1.54) is 0 Å². The van der Waals surface area contributed by atoms with Crippen LogP contribution in [0.2, 0.25) is 0 Å². The Morgan fingerprint density at radius 1 is 1.47 bits per heavy atom. The number of aliphatic carboxylic acids is 1. The molecule has 5 heteroatoms. The van der Waals surface area contributed by atoms with Crippen LogP contribution < -0.4 is 5.32 Å². The average molecular weight is 217 g/mol. The fraction of sp³-hybridized carbons (Fsp3) is 0.900. The van der Waals surface area contributed by atoms with E-state index < -0.39 is 11.8 Å². The lowest BCUT2D eigenvalue weighted by Gasteiger charge is -2.35. The van der Waals surface area contributed by atoms with Crippen molar-refractivity contribution < 1.29 is 19.4 Å². The first kappa shape index (κ1) is 12.4. The molecule has 0 aromatic carbocycles. The molecule has 0 saturated carbocycles. The van der Waals surface area contributed by atoms with Crippen LogP contribution in [0, 0.1) is 0 Å². The van der Waals surface area contributed by atoms with Crippen LogP contribution >= 0.6 is 0 Å². The van der Waals surface area contributed by atoms with Gasteiger partial charge in [0.15, 0.2) is 5.79 Å². The third-order valence-electron chi connectivity index (χ3n) is 2.26. The van der Waals surface area contributed by atoms with Crippen molar-refractivity contribution in [3.63, 3.8) is 0 Å². The molecule has 1 heterocycles. The molecule has 5 nitrogen and oxygen atoms in total. The summed E-state index contributed by atoms with van der Waals surface area (Å²) in [4.78, 5) is 10.3. The Kier molecular flexibility index (Phi) is 4.50. The molecule has 1 saturated heterocycles. The van der Waals surface area contributed by atoms with Crippen molar-refractivity contribution in [3.05, 3.63) is 0 Å². The summed E-state index contributed by atoms with van der Waals surface area (Å²) < 4.78 is 10.9. The first-order valence-electron chi connectivity index (χ1n) is 5.23. The van der Waals surface area contributed by atoms with Gasteiger partial charge in [-0.25, -0.2) is 0 Å². The molecule has 0 aliphatic carbocycles. The summed E-state index contributed by atoms with van der Waals surface area (Å²) >= 11 is 0. The highest BCUT2D eigenvalue weighted by Gasteiger charge is 2.27. The maximum atomic E-state index is 10.3. The Balaban J connectivity index is 2.06. The Bertz CT molecular complexity index is 207. The number of ether oxygens (including phenoxy) is 2. The standard InChI is InChI=1S/C10H19NO4/c1-10(2)14-6-8(7-15-10)11-5-3-4-9(12)13/h8,11H,3-7H2,1-2H3,(H,12,13). The van der Waals surface area contributed by atoms with Crippen molar-refractivity contribution in [3.8, 4) is 0 Å². The zero-order chi connectivity index (χ0) is 11.3. The highest BCUT2D eigenvalue weighted by Crippen LogP contribution is 2.16. The molecule has 0 bridgehead atoms. The molecule has 88 valence electrons. The van der Waals surface area contributed by atoms with Crippen LogP contribution in [0.1, 0.15) is 26.7 Å². The second-order valence-corrected chi connectivity index (χ2v) is 4.17. The van der Waals surface area contributed by atoms with E-state index in [9.17, 15) is 4.79 Å². The molecular formula is C10H19NO4. The largest absolute Gasteiger partial charge is 0.481 e. The van der Waals surface area contributed by atoms with E-state index in [1.54, 1.807) is 0 Å². The molecule has 1 aliphatic rings. The molecule has 0 unspecified atom stereocenters. The molecule has 0 amide bonds. The van der Waals surface area contributed by atoms with E-state index in [0.717, 1.165) is 0 Å². The summed E-state index contributed by atoms with van der Waals surface area (Å²) in [6.45, 7) is 5.67. The highest BCUT2D eigenvalue weighted by atomic mass is 16.7. The molecular weight excluding hydrogens is 198 g/mol. The molecule has 0 atom stereocenters. The molecule has 0 aromatic rings. The number of carboxylic acids is 1.